The van der Waals surface area contributed by atoms with Crippen LogP contribution in [0.3, 0.4) is 0 Å². The maximum absolute atomic E-state index is 4.61. The highest BCUT2D eigenvalue weighted by Gasteiger charge is 2.19. The van der Waals surface area contributed by atoms with Crippen LogP contribution in [0.2, 0.25) is 0 Å². The third kappa shape index (κ3) is 2.96. The molecule has 0 spiro atoms. The van der Waals surface area contributed by atoms with Crippen LogP contribution in [0.4, 0.5) is 0 Å². The number of aromatic nitrogens is 2. The molecule has 2 rings (SSSR count). The average molecular weight is 291 g/mol. The Balaban J connectivity index is 2.16. The smallest absolute Gasteiger partial charge is 0.0644 e. The van der Waals surface area contributed by atoms with E-state index in [1.165, 1.54) is 21.0 Å². The Labute approximate surface area is 126 Å². The van der Waals surface area contributed by atoms with Gasteiger partial charge in [-0.25, -0.2) is 0 Å². The van der Waals surface area contributed by atoms with Gasteiger partial charge in [-0.1, -0.05) is 0 Å². The summed E-state index contributed by atoms with van der Waals surface area (Å²) < 4.78 is 2.09. The highest BCUT2D eigenvalue weighted by Crippen LogP contribution is 2.27. The molecule has 2 aromatic heterocycles. The van der Waals surface area contributed by atoms with Gasteiger partial charge in [0.05, 0.1) is 5.69 Å². The fourth-order valence-corrected chi connectivity index (χ4v) is 3.76. The van der Waals surface area contributed by atoms with Crippen molar-refractivity contribution < 1.29 is 0 Å². The summed E-state index contributed by atoms with van der Waals surface area (Å²) in [5, 5.41) is 8.32. The monoisotopic (exact) mass is 291 g/mol. The van der Waals surface area contributed by atoms with E-state index >= 15 is 0 Å². The minimum atomic E-state index is 0.313. The standard InChI is InChI=1S/C16H25N3S/c1-7-19-14(6)16(13(5)18-19)12(4)17-11(3)15-9-8-10(2)20-15/h8-9,11-12,17H,7H2,1-6H3. The molecule has 4 heteroatoms. The van der Waals surface area contributed by atoms with E-state index in [0.717, 1.165) is 12.2 Å². The van der Waals surface area contributed by atoms with Crippen LogP contribution >= 0.6 is 11.3 Å². The van der Waals surface area contributed by atoms with Crippen molar-refractivity contribution in [2.45, 2.75) is 60.2 Å². The van der Waals surface area contributed by atoms with Gasteiger partial charge in [0.15, 0.2) is 0 Å². The minimum Gasteiger partial charge on any atom is -0.303 e. The SMILES string of the molecule is CCn1nc(C)c(C(C)NC(C)c2ccc(C)s2)c1C. The van der Waals surface area contributed by atoms with Crippen molar-refractivity contribution in [2.24, 2.45) is 0 Å². The van der Waals surface area contributed by atoms with Crippen LogP contribution in [0.25, 0.3) is 0 Å². The Morgan fingerprint density at radius 3 is 2.40 bits per heavy atom. The van der Waals surface area contributed by atoms with Gasteiger partial charge >= 0.3 is 0 Å². The third-order valence-corrected chi connectivity index (χ3v) is 5.04. The number of rotatable bonds is 5. The molecule has 0 aliphatic carbocycles. The topological polar surface area (TPSA) is 29.9 Å². The summed E-state index contributed by atoms with van der Waals surface area (Å²) >= 11 is 1.87. The summed E-state index contributed by atoms with van der Waals surface area (Å²) in [7, 11) is 0. The number of hydrogen-bond donors (Lipinski definition) is 1. The molecule has 0 fully saturated rings. The largest absolute Gasteiger partial charge is 0.303 e. The lowest BCUT2D eigenvalue weighted by Gasteiger charge is -2.20. The van der Waals surface area contributed by atoms with Crippen LogP contribution in [-0.4, -0.2) is 9.78 Å². The van der Waals surface area contributed by atoms with Crippen LogP contribution in [0.1, 0.15) is 59.6 Å². The first kappa shape index (κ1) is 15.3. The Kier molecular flexibility index (Phi) is 4.66. The molecule has 20 heavy (non-hydrogen) atoms. The van der Waals surface area contributed by atoms with Crippen molar-refractivity contribution in [1.82, 2.24) is 15.1 Å². The second kappa shape index (κ2) is 6.10. The lowest BCUT2D eigenvalue weighted by atomic mass is 10.1. The Morgan fingerprint density at radius 2 is 1.90 bits per heavy atom. The molecule has 2 aromatic rings. The van der Waals surface area contributed by atoms with Gasteiger partial charge in [-0.2, -0.15) is 5.10 Å². The van der Waals surface area contributed by atoms with E-state index in [4.69, 9.17) is 0 Å². The van der Waals surface area contributed by atoms with E-state index in [1.807, 2.05) is 11.3 Å². The van der Waals surface area contributed by atoms with E-state index in [0.29, 0.717) is 12.1 Å². The highest BCUT2D eigenvalue weighted by molar-refractivity contribution is 7.12. The van der Waals surface area contributed by atoms with Gasteiger partial charge in [-0.3, -0.25) is 4.68 Å². The summed E-state index contributed by atoms with van der Waals surface area (Å²) in [6.45, 7) is 14.0. The number of hydrogen-bond acceptors (Lipinski definition) is 3. The molecule has 0 amide bonds. The fourth-order valence-electron chi connectivity index (χ4n) is 2.87. The highest BCUT2D eigenvalue weighted by atomic mass is 32.1. The van der Waals surface area contributed by atoms with Gasteiger partial charge in [0.25, 0.3) is 0 Å². The van der Waals surface area contributed by atoms with Crippen molar-refractivity contribution >= 4 is 11.3 Å². The zero-order chi connectivity index (χ0) is 14.9. The summed E-state index contributed by atoms with van der Waals surface area (Å²) in [5.41, 5.74) is 3.76. The first-order chi connectivity index (χ1) is 9.43. The molecule has 0 saturated carbocycles. The second-order valence-corrected chi connectivity index (χ2v) is 6.78. The van der Waals surface area contributed by atoms with Gasteiger partial charge in [-0.15, -0.1) is 11.3 Å². The van der Waals surface area contributed by atoms with Crippen molar-refractivity contribution in [2.75, 3.05) is 0 Å². The lowest BCUT2D eigenvalue weighted by Crippen LogP contribution is -2.22. The summed E-state index contributed by atoms with van der Waals surface area (Å²) in [6.07, 6.45) is 0. The average Bonchev–Trinajstić information content (AvgIpc) is 2.93. The Hall–Kier alpha value is -1.13. The fraction of sp³-hybridized carbons (Fsp3) is 0.562. The zero-order valence-electron chi connectivity index (χ0n) is 13.3. The van der Waals surface area contributed by atoms with Crippen LogP contribution in [0.5, 0.6) is 0 Å². The van der Waals surface area contributed by atoms with Gasteiger partial charge in [-0.05, 0) is 53.7 Å². The Morgan fingerprint density at radius 1 is 1.20 bits per heavy atom. The molecule has 2 unspecified atom stereocenters. The number of nitrogens with zero attached hydrogens (tertiary/aromatic N) is 2. The molecule has 1 N–H and O–H groups in total. The molecule has 0 saturated heterocycles. The van der Waals surface area contributed by atoms with Crippen LogP contribution in [-0.2, 0) is 6.54 Å². The number of aryl methyl sites for hydroxylation is 3. The van der Waals surface area contributed by atoms with Gasteiger partial charge in [0.2, 0.25) is 0 Å². The van der Waals surface area contributed by atoms with E-state index in [9.17, 15) is 0 Å². The second-order valence-electron chi connectivity index (χ2n) is 5.46. The van der Waals surface area contributed by atoms with Gasteiger partial charge in [0.1, 0.15) is 0 Å². The van der Waals surface area contributed by atoms with Crippen LogP contribution in [0, 0.1) is 20.8 Å². The molecule has 0 aromatic carbocycles. The summed E-state index contributed by atoms with van der Waals surface area (Å²) in [5.74, 6) is 0. The number of nitrogens with one attached hydrogen (secondary N) is 1. The predicted octanol–water partition coefficient (Wildman–Crippen LogP) is 4.30. The molecule has 0 radical (unpaired) electrons. The number of thiophene rings is 1. The van der Waals surface area contributed by atoms with Crippen molar-refractivity contribution in [1.29, 1.82) is 0 Å². The van der Waals surface area contributed by atoms with Crippen LogP contribution in [0.15, 0.2) is 12.1 Å². The van der Waals surface area contributed by atoms with E-state index in [2.05, 4.69) is 68.8 Å². The van der Waals surface area contributed by atoms with Crippen molar-refractivity contribution in [3.05, 3.63) is 38.8 Å². The van der Waals surface area contributed by atoms with Gasteiger partial charge in [0, 0.05) is 39.6 Å². The lowest BCUT2D eigenvalue weighted by molar-refractivity contribution is 0.496. The molecule has 0 aliphatic rings. The van der Waals surface area contributed by atoms with E-state index < -0.39 is 0 Å². The minimum absolute atomic E-state index is 0.313. The van der Waals surface area contributed by atoms with E-state index in [-0.39, 0.29) is 0 Å². The quantitative estimate of drug-likeness (QED) is 0.890. The summed E-state index contributed by atoms with van der Waals surface area (Å²) in [6, 6.07) is 5.09. The van der Waals surface area contributed by atoms with Gasteiger partial charge < -0.3 is 5.32 Å². The molecule has 2 atom stereocenters. The third-order valence-electron chi connectivity index (χ3n) is 3.86. The maximum atomic E-state index is 4.61. The Bertz CT molecular complexity index is 583. The first-order valence-electron chi connectivity index (χ1n) is 7.30. The molecule has 0 aliphatic heterocycles. The van der Waals surface area contributed by atoms with Crippen molar-refractivity contribution in [3.63, 3.8) is 0 Å². The van der Waals surface area contributed by atoms with Crippen molar-refractivity contribution in [3.8, 4) is 0 Å². The predicted molar refractivity (Wildman–Crippen MR) is 86.4 cm³/mol. The molecule has 0 bridgehead atoms. The zero-order valence-corrected chi connectivity index (χ0v) is 14.1. The molecular weight excluding hydrogens is 266 g/mol. The summed E-state index contributed by atoms with van der Waals surface area (Å²) in [4.78, 5) is 2.76. The van der Waals surface area contributed by atoms with E-state index in [1.54, 1.807) is 0 Å². The molecule has 110 valence electrons. The maximum Gasteiger partial charge on any atom is 0.0644 e. The molecule has 3 nitrogen and oxygen atoms in total. The molecule has 2 heterocycles. The van der Waals surface area contributed by atoms with Crippen LogP contribution < -0.4 is 5.32 Å². The molecular formula is C16H25N3S. The normalized spacial score (nSPS) is 14.5. The first-order valence-corrected chi connectivity index (χ1v) is 8.12.